The van der Waals surface area contributed by atoms with Crippen molar-refractivity contribution in [2.45, 2.75) is 36.9 Å². The number of carbonyl (C=O) groups is 1. The molecule has 0 saturated carbocycles. The number of ether oxygens (including phenoxy) is 4. The summed E-state index contributed by atoms with van der Waals surface area (Å²) in [4.78, 5) is 37.2. The number of anilines is 1. The number of H-pyrrole nitrogens is 1. The first-order chi connectivity index (χ1) is 25.7. The highest BCUT2D eigenvalue weighted by molar-refractivity contribution is 6.42. The molecule has 3 heterocycles. The van der Waals surface area contributed by atoms with Crippen LogP contribution in [-0.4, -0.2) is 63.6 Å². The molecule has 14 heteroatoms. The number of amides is 1. The Morgan fingerprint density at radius 2 is 1.58 bits per heavy atom. The van der Waals surface area contributed by atoms with Crippen molar-refractivity contribution in [3.63, 3.8) is 0 Å². The number of methoxy groups -OCH3 is 2. The molecule has 6 aromatic rings. The lowest BCUT2D eigenvalue weighted by Crippen LogP contribution is -2.38. The molecular weight excluding hydrogens is 721 g/mol. The molecule has 0 bridgehead atoms. The summed E-state index contributed by atoms with van der Waals surface area (Å²) in [5.41, 5.74) is 1.69. The van der Waals surface area contributed by atoms with E-state index in [1.165, 1.54) is 6.33 Å². The molecule has 0 radical (unpaired) electrons. The van der Waals surface area contributed by atoms with Crippen LogP contribution in [0, 0.1) is 0 Å². The van der Waals surface area contributed by atoms with Gasteiger partial charge in [-0.1, -0.05) is 83.9 Å². The Labute approximate surface area is 314 Å². The van der Waals surface area contributed by atoms with Crippen molar-refractivity contribution < 1.29 is 28.8 Å². The van der Waals surface area contributed by atoms with Crippen LogP contribution in [0.2, 0.25) is 10.0 Å². The normalized spacial score (nSPS) is 17.2. The topological polar surface area (TPSA) is 150 Å². The Kier molecular flexibility index (Phi) is 10.5. The van der Waals surface area contributed by atoms with E-state index in [0.29, 0.717) is 27.1 Å². The molecule has 272 valence electrons. The molecule has 1 aliphatic heterocycles. The van der Waals surface area contributed by atoms with Crippen molar-refractivity contribution in [2.75, 3.05) is 26.1 Å². The van der Waals surface area contributed by atoms with Gasteiger partial charge in [0, 0.05) is 6.42 Å². The number of halogens is 2. The van der Waals surface area contributed by atoms with Crippen molar-refractivity contribution in [1.29, 1.82) is 0 Å². The third-order valence-electron chi connectivity index (χ3n) is 9.19. The monoisotopic (exact) mass is 755 g/mol. The predicted molar refractivity (Wildman–Crippen MR) is 200 cm³/mol. The minimum absolute atomic E-state index is 0.0126. The minimum Gasteiger partial charge on any atom is -0.497 e. The van der Waals surface area contributed by atoms with E-state index in [0.717, 1.165) is 16.7 Å². The molecular formula is C39H35Cl2N5O7. The number of nitrogens with zero attached hydrogens (tertiary/aromatic N) is 3. The molecule has 0 unspecified atom stereocenters. The lowest BCUT2D eigenvalue weighted by atomic mass is 9.80. The molecule has 3 N–H and O–H groups in total. The van der Waals surface area contributed by atoms with Crippen LogP contribution in [0.1, 0.15) is 34.9 Å². The third kappa shape index (κ3) is 7.37. The predicted octanol–water partition coefficient (Wildman–Crippen LogP) is 6.28. The first-order valence-corrected chi connectivity index (χ1v) is 17.5. The number of fused-ring (bicyclic) bond motifs is 1. The number of nitrogens with one attached hydrogen (secondary N) is 2. The summed E-state index contributed by atoms with van der Waals surface area (Å²) in [5.74, 6) is 0.880. The fourth-order valence-electron chi connectivity index (χ4n) is 6.52. The van der Waals surface area contributed by atoms with Crippen molar-refractivity contribution >= 4 is 46.2 Å². The van der Waals surface area contributed by atoms with Crippen LogP contribution in [0.5, 0.6) is 11.5 Å². The van der Waals surface area contributed by atoms with Gasteiger partial charge in [0.15, 0.2) is 11.2 Å². The number of aliphatic hydroxyl groups excluding tert-OH is 1. The summed E-state index contributed by atoms with van der Waals surface area (Å²) in [6.07, 6.45) is -0.899. The molecule has 7 rings (SSSR count). The van der Waals surface area contributed by atoms with Gasteiger partial charge in [0.25, 0.3) is 5.56 Å². The standard InChI is InChI=1S/C39H35Cl2N5O7/c1-50-27-13-9-25(10-14-27)39(24-6-4-3-5-7-24,26-11-15-28(51-2)16-12-26)52-21-32-31(47)20-34(53-32)46-22-42-35-36(46)44-38(45-37(35)49)43-33(48)19-23-8-17-29(40)30(41)18-23/h3-18,22,31-32,34,47H,19-21H2,1-2H3,(H2,43,44,45,48,49)/t31-,32+,34+/m0/s1. The van der Waals surface area contributed by atoms with Crippen molar-refractivity contribution in [3.05, 3.63) is 146 Å². The Bertz CT molecular complexity index is 2230. The number of carbonyl (C=O) groups excluding carboxylic acids is 1. The fourth-order valence-corrected chi connectivity index (χ4v) is 6.85. The second-order valence-corrected chi connectivity index (χ2v) is 13.3. The molecule has 1 saturated heterocycles. The summed E-state index contributed by atoms with van der Waals surface area (Å²) in [6.45, 7) is -0.0126. The van der Waals surface area contributed by atoms with Gasteiger partial charge in [-0.15, -0.1) is 0 Å². The maximum Gasteiger partial charge on any atom is 0.280 e. The number of aliphatic hydroxyl groups is 1. The first-order valence-electron chi connectivity index (χ1n) is 16.7. The van der Waals surface area contributed by atoms with Gasteiger partial charge in [0.05, 0.1) is 49.7 Å². The highest BCUT2D eigenvalue weighted by Crippen LogP contribution is 2.43. The maximum atomic E-state index is 13.0. The van der Waals surface area contributed by atoms with Crippen LogP contribution in [0.4, 0.5) is 5.95 Å². The molecule has 3 atom stereocenters. The van der Waals surface area contributed by atoms with Crippen LogP contribution in [-0.2, 0) is 26.3 Å². The van der Waals surface area contributed by atoms with Crippen LogP contribution in [0.3, 0.4) is 0 Å². The molecule has 0 spiro atoms. The third-order valence-corrected chi connectivity index (χ3v) is 9.93. The summed E-state index contributed by atoms with van der Waals surface area (Å²) < 4.78 is 25.8. The number of rotatable bonds is 12. The van der Waals surface area contributed by atoms with Gasteiger partial charge in [-0.25, -0.2) is 4.98 Å². The molecule has 1 aliphatic rings. The molecule has 2 aromatic heterocycles. The van der Waals surface area contributed by atoms with E-state index < -0.39 is 35.5 Å². The van der Waals surface area contributed by atoms with Crippen LogP contribution in [0.25, 0.3) is 11.2 Å². The summed E-state index contributed by atoms with van der Waals surface area (Å²) >= 11 is 12.1. The van der Waals surface area contributed by atoms with E-state index in [1.807, 2.05) is 78.9 Å². The van der Waals surface area contributed by atoms with E-state index in [2.05, 4.69) is 20.3 Å². The largest absolute Gasteiger partial charge is 0.497 e. The Hall–Kier alpha value is -5.24. The van der Waals surface area contributed by atoms with Crippen LogP contribution < -0.4 is 20.3 Å². The number of imidazole rings is 1. The number of aromatic nitrogens is 4. The Morgan fingerprint density at radius 3 is 2.21 bits per heavy atom. The van der Waals surface area contributed by atoms with E-state index >= 15 is 0 Å². The zero-order chi connectivity index (χ0) is 37.1. The maximum absolute atomic E-state index is 13.0. The van der Waals surface area contributed by atoms with Crippen LogP contribution in [0.15, 0.2) is 108 Å². The fraction of sp³-hybridized carbons (Fsp3) is 0.231. The Balaban J connectivity index is 1.16. The number of aromatic amines is 1. The van der Waals surface area contributed by atoms with Crippen LogP contribution >= 0.6 is 23.2 Å². The number of benzene rings is 4. The van der Waals surface area contributed by atoms with Gasteiger partial charge >= 0.3 is 0 Å². The average Bonchev–Trinajstić information content (AvgIpc) is 3.77. The molecule has 1 fully saturated rings. The zero-order valence-corrected chi connectivity index (χ0v) is 30.2. The summed E-state index contributed by atoms with van der Waals surface area (Å²) in [5, 5.41) is 14.7. The Morgan fingerprint density at radius 1 is 0.943 bits per heavy atom. The molecule has 1 amide bonds. The van der Waals surface area contributed by atoms with Gasteiger partial charge in [-0.3, -0.25) is 24.5 Å². The molecule has 0 aliphatic carbocycles. The van der Waals surface area contributed by atoms with E-state index in [9.17, 15) is 14.7 Å². The quantitative estimate of drug-likeness (QED) is 0.123. The highest BCUT2D eigenvalue weighted by atomic mass is 35.5. The molecule has 53 heavy (non-hydrogen) atoms. The average molecular weight is 757 g/mol. The van der Waals surface area contributed by atoms with E-state index in [4.69, 9.17) is 42.1 Å². The lowest BCUT2D eigenvalue weighted by Gasteiger charge is -2.37. The summed E-state index contributed by atoms with van der Waals surface area (Å²) in [7, 11) is 3.22. The highest BCUT2D eigenvalue weighted by Gasteiger charge is 2.42. The molecule has 4 aromatic carbocycles. The first kappa shape index (κ1) is 36.1. The number of hydrogen-bond donors (Lipinski definition) is 3. The summed E-state index contributed by atoms with van der Waals surface area (Å²) in [6, 6.07) is 30.0. The van der Waals surface area contributed by atoms with Crippen molar-refractivity contribution in [1.82, 2.24) is 19.5 Å². The van der Waals surface area contributed by atoms with Gasteiger partial charge in [0.2, 0.25) is 11.9 Å². The second kappa shape index (κ2) is 15.4. The minimum atomic E-state index is -1.12. The van der Waals surface area contributed by atoms with Crippen molar-refractivity contribution in [3.8, 4) is 11.5 Å². The van der Waals surface area contributed by atoms with Gasteiger partial charge in [0.1, 0.15) is 29.4 Å². The van der Waals surface area contributed by atoms with E-state index in [1.54, 1.807) is 37.0 Å². The lowest BCUT2D eigenvalue weighted by molar-refractivity contribution is -0.115. The zero-order valence-electron chi connectivity index (χ0n) is 28.7. The van der Waals surface area contributed by atoms with Gasteiger partial charge in [-0.2, -0.15) is 4.98 Å². The number of hydrogen-bond acceptors (Lipinski definition) is 9. The van der Waals surface area contributed by atoms with Gasteiger partial charge < -0.3 is 24.1 Å². The van der Waals surface area contributed by atoms with E-state index in [-0.39, 0.29) is 36.6 Å². The van der Waals surface area contributed by atoms with Crippen molar-refractivity contribution in [2.24, 2.45) is 0 Å². The smallest absolute Gasteiger partial charge is 0.280 e. The van der Waals surface area contributed by atoms with Gasteiger partial charge in [-0.05, 0) is 58.7 Å². The second-order valence-electron chi connectivity index (χ2n) is 12.5. The molecule has 12 nitrogen and oxygen atoms in total. The SMILES string of the molecule is COc1ccc(C(OC[C@H]2O[C@@H](n3cnc4c(=O)[nH]c(NC(=O)Cc5ccc(Cl)c(Cl)c5)nc43)C[C@@H]2O)(c2ccccc2)c2ccc(OC)cc2)cc1.